The van der Waals surface area contributed by atoms with Crippen molar-refractivity contribution in [3.05, 3.63) is 54.4 Å². The van der Waals surface area contributed by atoms with Gasteiger partial charge in [0.1, 0.15) is 0 Å². The van der Waals surface area contributed by atoms with Crippen LogP contribution in [0.25, 0.3) is 11.1 Å². The summed E-state index contributed by atoms with van der Waals surface area (Å²) in [5.74, 6) is 0.511. The van der Waals surface area contributed by atoms with Crippen molar-refractivity contribution in [3.8, 4) is 11.1 Å². The van der Waals surface area contributed by atoms with Gasteiger partial charge < -0.3 is 0 Å². The molecule has 1 unspecified atom stereocenters. The van der Waals surface area contributed by atoms with Gasteiger partial charge in [-0.1, -0.05) is 77.9 Å². The van der Waals surface area contributed by atoms with Crippen molar-refractivity contribution in [1.82, 2.24) is 4.98 Å². The maximum Gasteiger partial charge on any atom is 0.0509 e. The maximum atomic E-state index is 4.53. The molecule has 1 heteroatoms. The minimum absolute atomic E-state index is 0.511. The summed E-state index contributed by atoms with van der Waals surface area (Å²) in [6.07, 6.45) is 3.00. The predicted octanol–water partition coefficient (Wildman–Crippen LogP) is 6.31. The van der Waals surface area contributed by atoms with E-state index in [2.05, 4.69) is 49.2 Å². The molecule has 0 aliphatic heterocycles. The monoisotopic (exact) mass is 271 g/mol. The Labute approximate surface area is 125 Å². The van der Waals surface area contributed by atoms with Gasteiger partial charge in [-0.2, -0.15) is 0 Å². The van der Waals surface area contributed by atoms with Crippen molar-refractivity contribution in [2.24, 2.45) is 0 Å². The van der Waals surface area contributed by atoms with E-state index in [0.29, 0.717) is 5.92 Å². The lowest BCUT2D eigenvalue weighted by Gasteiger charge is -2.13. The minimum Gasteiger partial charge on any atom is -0.260 e. The van der Waals surface area contributed by atoms with Crippen LogP contribution in [0.5, 0.6) is 0 Å². The van der Waals surface area contributed by atoms with Crippen LogP contribution in [0.3, 0.4) is 0 Å². The molecule has 110 valence electrons. The molecule has 1 aromatic carbocycles. The molecule has 1 atom stereocenters. The lowest BCUT2D eigenvalue weighted by atomic mass is 9.95. The van der Waals surface area contributed by atoms with Crippen molar-refractivity contribution in [1.29, 1.82) is 0 Å². The quantitative estimate of drug-likeness (QED) is 0.637. The lowest BCUT2D eigenvalue weighted by Crippen LogP contribution is -1.98. The van der Waals surface area contributed by atoms with Crippen LogP contribution in [0.2, 0.25) is 0 Å². The molecule has 2 rings (SSSR count). The standard InChI is InChI=1S/C15H17N.2C2H6/c1-3-12(2)15-14(10-7-11-16-15)13-8-5-4-6-9-13;2*1-2/h4-12H,3H2,1-2H3;2*1-2H3. The third-order valence-electron chi connectivity index (χ3n) is 3.00. The van der Waals surface area contributed by atoms with E-state index >= 15 is 0 Å². The first-order valence-electron chi connectivity index (χ1n) is 7.83. The molecular formula is C19H29N. The van der Waals surface area contributed by atoms with Crippen molar-refractivity contribution in [2.45, 2.75) is 53.9 Å². The highest BCUT2D eigenvalue weighted by Crippen LogP contribution is 2.28. The van der Waals surface area contributed by atoms with E-state index in [1.165, 1.54) is 16.8 Å². The van der Waals surface area contributed by atoms with E-state index in [1.54, 1.807) is 0 Å². The van der Waals surface area contributed by atoms with Gasteiger partial charge in [0.05, 0.1) is 5.69 Å². The zero-order valence-corrected chi connectivity index (χ0v) is 13.9. The fourth-order valence-electron chi connectivity index (χ4n) is 1.87. The van der Waals surface area contributed by atoms with Crippen molar-refractivity contribution >= 4 is 0 Å². The van der Waals surface area contributed by atoms with Gasteiger partial charge in [0.25, 0.3) is 0 Å². The molecule has 1 heterocycles. The minimum atomic E-state index is 0.511. The number of hydrogen-bond donors (Lipinski definition) is 0. The van der Waals surface area contributed by atoms with Gasteiger partial charge in [0.15, 0.2) is 0 Å². The fourth-order valence-corrected chi connectivity index (χ4v) is 1.87. The Morgan fingerprint density at radius 2 is 1.50 bits per heavy atom. The van der Waals surface area contributed by atoms with Gasteiger partial charge in [-0.15, -0.1) is 0 Å². The van der Waals surface area contributed by atoms with Crippen LogP contribution < -0.4 is 0 Å². The van der Waals surface area contributed by atoms with Crippen LogP contribution in [0.4, 0.5) is 0 Å². The fraction of sp³-hybridized carbons (Fsp3) is 0.421. The molecule has 0 aliphatic rings. The predicted molar refractivity (Wildman–Crippen MR) is 91.1 cm³/mol. The molecule has 1 nitrogen and oxygen atoms in total. The molecule has 0 radical (unpaired) electrons. The van der Waals surface area contributed by atoms with Crippen LogP contribution in [0.15, 0.2) is 48.7 Å². The van der Waals surface area contributed by atoms with Crippen molar-refractivity contribution in [3.63, 3.8) is 0 Å². The number of aromatic nitrogens is 1. The SMILES string of the molecule is CC.CC.CCC(C)c1ncccc1-c1ccccc1. The highest BCUT2D eigenvalue weighted by molar-refractivity contribution is 5.66. The van der Waals surface area contributed by atoms with Gasteiger partial charge in [-0.05, 0) is 24.0 Å². The number of hydrogen-bond acceptors (Lipinski definition) is 1. The van der Waals surface area contributed by atoms with Gasteiger partial charge in [-0.25, -0.2) is 0 Å². The first-order chi connectivity index (χ1) is 9.83. The topological polar surface area (TPSA) is 12.9 Å². The summed E-state index contributed by atoms with van der Waals surface area (Å²) in [6.45, 7) is 12.4. The molecule has 0 saturated carbocycles. The average molecular weight is 271 g/mol. The van der Waals surface area contributed by atoms with E-state index in [0.717, 1.165) is 6.42 Å². The molecule has 20 heavy (non-hydrogen) atoms. The molecule has 0 aliphatic carbocycles. The second-order valence-corrected chi connectivity index (χ2v) is 4.11. The van der Waals surface area contributed by atoms with E-state index < -0.39 is 0 Å². The second kappa shape index (κ2) is 11.2. The first kappa shape index (κ1) is 18.4. The Bertz CT molecular complexity index is 448. The summed E-state index contributed by atoms with van der Waals surface area (Å²) in [5.41, 5.74) is 3.72. The first-order valence-corrected chi connectivity index (χ1v) is 7.83. The summed E-state index contributed by atoms with van der Waals surface area (Å²) >= 11 is 0. The van der Waals surface area contributed by atoms with Crippen LogP contribution >= 0.6 is 0 Å². The summed E-state index contributed by atoms with van der Waals surface area (Å²) in [5, 5.41) is 0. The number of pyridine rings is 1. The van der Waals surface area contributed by atoms with Crippen LogP contribution in [-0.2, 0) is 0 Å². The van der Waals surface area contributed by atoms with Gasteiger partial charge in [0.2, 0.25) is 0 Å². The maximum absolute atomic E-state index is 4.53. The third-order valence-corrected chi connectivity index (χ3v) is 3.00. The molecule has 0 spiro atoms. The van der Waals surface area contributed by atoms with Crippen molar-refractivity contribution < 1.29 is 0 Å². The molecule has 0 saturated heterocycles. The molecule has 1 aromatic heterocycles. The lowest BCUT2D eigenvalue weighted by molar-refractivity contribution is 0.710. The molecule has 0 bridgehead atoms. The Balaban J connectivity index is 0.000000829. The van der Waals surface area contributed by atoms with Crippen LogP contribution in [-0.4, -0.2) is 4.98 Å². The number of rotatable bonds is 3. The Morgan fingerprint density at radius 1 is 0.900 bits per heavy atom. The van der Waals surface area contributed by atoms with Gasteiger partial charge in [-0.3, -0.25) is 4.98 Å². The molecule has 0 fully saturated rings. The third kappa shape index (κ3) is 5.16. The zero-order chi connectivity index (χ0) is 15.4. The largest absolute Gasteiger partial charge is 0.260 e. The Morgan fingerprint density at radius 3 is 2.05 bits per heavy atom. The van der Waals surface area contributed by atoms with Crippen molar-refractivity contribution in [2.75, 3.05) is 0 Å². The number of nitrogens with zero attached hydrogens (tertiary/aromatic N) is 1. The van der Waals surface area contributed by atoms with Gasteiger partial charge >= 0.3 is 0 Å². The summed E-state index contributed by atoms with van der Waals surface area (Å²) in [6, 6.07) is 14.6. The van der Waals surface area contributed by atoms with Crippen LogP contribution in [0, 0.1) is 0 Å². The van der Waals surface area contributed by atoms with E-state index in [1.807, 2.05) is 46.0 Å². The molecule has 0 amide bonds. The number of benzene rings is 1. The molecule has 2 aromatic rings. The average Bonchev–Trinajstić information content (AvgIpc) is 2.58. The smallest absolute Gasteiger partial charge is 0.0509 e. The molecular weight excluding hydrogens is 242 g/mol. The highest BCUT2D eigenvalue weighted by atomic mass is 14.7. The zero-order valence-electron chi connectivity index (χ0n) is 13.9. The van der Waals surface area contributed by atoms with Crippen LogP contribution in [0.1, 0.15) is 59.6 Å². The summed E-state index contributed by atoms with van der Waals surface area (Å²) < 4.78 is 0. The van der Waals surface area contributed by atoms with E-state index in [-0.39, 0.29) is 0 Å². The second-order valence-electron chi connectivity index (χ2n) is 4.11. The van der Waals surface area contributed by atoms with Gasteiger partial charge in [0, 0.05) is 11.8 Å². The Hall–Kier alpha value is -1.63. The Kier molecular flexibility index (Phi) is 10.3. The normalized spacial score (nSPS) is 10.5. The summed E-state index contributed by atoms with van der Waals surface area (Å²) in [4.78, 5) is 4.53. The molecule has 0 N–H and O–H groups in total. The highest BCUT2D eigenvalue weighted by Gasteiger charge is 2.10. The summed E-state index contributed by atoms with van der Waals surface area (Å²) in [7, 11) is 0. The van der Waals surface area contributed by atoms with E-state index in [4.69, 9.17) is 0 Å². The van der Waals surface area contributed by atoms with E-state index in [9.17, 15) is 0 Å².